The molecule has 0 atom stereocenters. The number of ether oxygens (including phenoxy) is 2. The lowest BCUT2D eigenvalue weighted by molar-refractivity contribution is 0.0877. The summed E-state index contributed by atoms with van der Waals surface area (Å²) in [6.07, 6.45) is 8.27. The number of thiophene rings is 2. The SMILES string of the molecule is Cc1ccc(Oc2cc3c4c(ccc5c6c(Oc7ccc(C)cc7)cc7c8c(ccc(c2c45)c86)C(=O)N(c2ccc(/C=C/c4ccc5c(c4)[Si](C)(C)c4cc(-c6ccc(C8=CC=C(c9ccc(C)s9)C(=N)/C8=N\S)s6)ccc4-5)cc2)C7=O)C(=O)N(c2ccc(C)cc2)C3=O)cc1. The second-order valence-corrected chi connectivity index (χ2v) is 32.5. The van der Waals surface area contributed by atoms with Gasteiger partial charge in [-0.3, -0.25) is 24.6 Å². The van der Waals surface area contributed by atoms with Gasteiger partial charge in [-0.25, -0.2) is 14.2 Å². The smallest absolute Gasteiger partial charge is 0.266 e. The minimum Gasteiger partial charge on any atom is -0.457 e. The molecule has 3 aliphatic heterocycles. The average molecular weight is 1320 g/mol. The molecular formula is C82H56N4O6S3Si. The number of rotatable bonds is 11. The van der Waals surface area contributed by atoms with E-state index in [0.717, 1.165) is 59.2 Å². The van der Waals surface area contributed by atoms with Crippen molar-refractivity contribution in [2.24, 2.45) is 4.40 Å². The van der Waals surface area contributed by atoms with Crippen molar-refractivity contribution in [3.05, 3.63) is 271 Å². The fourth-order valence-electron chi connectivity index (χ4n) is 14.4. The zero-order chi connectivity index (χ0) is 65.7. The number of aryl methyl sites for hydroxylation is 4. The third kappa shape index (κ3) is 9.18. The monoisotopic (exact) mass is 1320 g/mol. The summed E-state index contributed by atoms with van der Waals surface area (Å²) in [6, 6.07) is 62.9. The molecule has 96 heavy (non-hydrogen) atoms. The van der Waals surface area contributed by atoms with Crippen LogP contribution in [0.1, 0.15) is 83.9 Å². The maximum absolute atomic E-state index is 15.5. The van der Waals surface area contributed by atoms with E-state index in [0.29, 0.717) is 106 Å². The molecule has 0 radical (unpaired) electrons. The highest BCUT2D eigenvalue weighted by Gasteiger charge is 2.42. The summed E-state index contributed by atoms with van der Waals surface area (Å²) in [4.78, 5) is 67.6. The number of anilines is 2. The summed E-state index contributed by atoms with van der Waals surface area (Å²) in [7, 11) is -2.17. The van der Waals surface area contributed by atoms with Crippen molar-refractivity contribution < 1.29 is 28.7 Å². The third-order valence-corrected chi connectivity index (χ3v) is 25.2. The second kappa shape index (κ2) is 22.1. The standard InChI is InChI=1S/C82H56N4O6S3Si/c1-43-7-20-50(21-8-43)85-79(87)60-34-32-58-74-65(92-53-26-11-45(3)12-27-53)42-63-72-61(35-33-59(76(72)74)73-64(91-52-24-9-44(2)10-25-52)41-62(81(85)89)71(60)75(58)73)80(88)86(82(63)90)51-22-16-47(17-23-51)14-15-48-18-28-54-55-29-19-49(40-70(55)96(5,6)69(54)39-48)66-37-38-68(95-66)57-31-30-56(77(83)78(57)84-93)67-36-13-46(4)94-67/h7-42,83,93H,1-6H3/b15-14+,83-77?,84-78-. The van der Waals surface area contributed by atoms with Gasteiger partial charge in [-0.15, -0.1) is 22.7 Å². The van der Waals surface area contributed by atoms with Gasteiger partial charge in [-0.05, 0) is 187 Å². The highest BCUT2D eigenvalue weighted by molar-refractivity contribution is 7.79. The van der Waals surface area contributed by atoms with Crippen LogP contribution in [0.2, 0.25) is 13.1 Å². The number of amides is 4. The fourth-order valence-corrected chi connectivity index (χ4v) is 19.7. The lowest BCUT2D eigenvalue weighted by Crippen LogP contribution is -2.49. The first-order valence-electron chi connectivity index (χ1n) is 31.6. The zero-order valence-electron chi connectivity index (χ0n) is 52.8. The third-order valence-electron chi connectivity index (χ3n) is 19.3. The van der Waals surface area contributed by atoms with E-state index < -0.39 is 31.7 Å². The Hall–Kier alpha value is -10.9. The van der Waals surface area contributed by atoms with Crippen molar-refractivity contribution in [1.82, 2.24) is 0 Å². The quantitative estimate of drug-likeness (QED) is 0.0252. The van der Waals surface area contributed by atoms with Gasteiger partial charge in [-0.1, -0.05) is 151 Å². The normalized spacial score (nSPS) is 15.3. The summed E-state index contributed by atoms with van der Waals surface area (Å²) in [5.74, 6) is -0.163. The van der Waals surface area contributed by atoms with E-state index in [1.807, 2.05) is 124 Å². The molecule has 1 N–H and O–H groups in total. The summed E-state index contributed by atoms with van der Waals surface area (Å²) in [5.41, 5.74) is 13.5. The Labute approximate surface area is 567 Å². The highest BCUT2D eigenvalue weighted by atomic mass is 32.1. The number of carbonyl (C=O) groups excluding carboxylic acids is 4. The van der Waals surface area contributed by atoms with Crippen LogP contribution in [0.15, 0.2) is 211 Å². The lowest BCUT2D eigenvalue weighted by atomic mass is 9.81. The first-order chi connectivity index (χ1) is 46.5. The van der Waals surface area contributed by atoms with Gasteiger partial charge < -0.3 is 9.47 Å². The second-order valence-electron chi connectivity index (χ2n) is 25.6. The number of fused-ring (bicyclic) bond motifs is 5. The van der Waals surface area contributed by atoms with Crippen LogP contribution in [-0.4, -0.2) is 43.1 Å². The minimum atomic E-state index is -2.17. The highest BCUT2D eigenvalue weighted by Crippen LogP contribution is 2.54. The van der Waals surface area contributed by atoms with Crippen LogP contribution in [-0.2, 0) is 0 Å². The molecule has 1 aliphatic carbocycles. The van der Waals surface area contributed by atoms with Crippen LogP contribution in [0.25, 0.3) is 88.0 Å². The number of nitrogens with one attached hydrogen (secondary N) is 1. The van der Waals surface area contributed by atoms with Crippen LogP contribution in [0.4, 0.5) is 11.4 Å². The number of hydrogen-bond donors (Lipinski definition) is 2. The van der Waals surface area contributed by atoms with Crippen LogP contribution >= 0.6 is 35.5 Å². The van der Waals surface area contributed by atoms with Gasteiger partial charge in [0, 0.05) is 74.1 Å². The van der Waals surface area contributed by atoms with Crippen molar-refractivity contribution in [2.75, 3.05) is 9.80 Å². The molecular weight excluding hydrogens is 1260 g/mol. The number of thiol groups is 1. The molecule has 0 saturated carbocycles. The Balaban J connectivity index is 0.704. The summed E-state index contributed by atoms with van der Waals surface area (Å²) < 4.78 is 18.1. The predicted molar refractivity (Wildman–Crippen MR) is 400 cm³/mol. The maximum Gasteiger partial charge on any atom is 0.266 e. The first-order valence-corrected chi connectivity index (χ1v) is 36.6. The Kier molecular flexibility index (Phi) is 13.6. The van der Waals surface area contributed by atoms with Crippen molar-refractivity contribution in [1.29, 1.82) is 5.41 Å². The molecule has 5 heterocycles. The maximum atomic E-state index is 15.5. The van der Waals surface area contributed by atoms with Gasteiger partial charge in [0.1, 0.15) is 36.8 Å². The van der Waals surface area contributed by atoms with E-state index in [1.54, 1.807) is 59.1 Å². The Morgan fingerprint density at radius 1 is 0.438 bits per heavy atom. The number of benzene rings is 11. The van der Waals surface area contributed by atoms with Crippen LogP contribution in [0, 0.1) is 33.1 Å². The summed E-state index contributed by atoms with van der Waals surface area (Å²) in [5, 5.41) is 16.5. The number of nitrogens with zero attached hydrogens (tertiary/aromatic N) is 3. The lowest BCUT2D eigenvalue weighted by Gasteiger charge is -2.31. The number of allylic oxidation sites excluding steroid dienone is 4. The molecule has 13 aromatic rings. The number of imide groups is 2. The van der Waals surface area contributed by atoms with Crippen LogP contribution < -0.4 is 29.6 Å². The van der Waals surface area contributed by atoms with E-state index in [9.17, 15) is 4.79 Å². The molecule has 2 aromatic heterocycles. The molecule has 4 aliphatic rings. The molecule has 462 valence electrons. The van der Waals surface area contributed by atoms with Crippen molar-refractivity contribution >= 4 is 167 Å². The Morgan fingerprint density at radius 2 is 0.885 bits per heavy atom. The zero-order valence-corrected chi connectivity index (χ0v) is 56.4. The molecule has 4 amide bonds. The van der Waals surface area contributed by atoms with Crippen molar-refractivity contribution in [2.45, 2.75) is 40.8 Å². The molecule has 17 rings (SSSR count). The Morgan fingerprint density at radius 3 is 1.43 bits per heavy atom. The molecule has 0 bridgehead atoms. The van der Waals surface area contributed by atoms with Gasteiger partial charge in [-0.2, -0.15) is 0 Å². The van der Waals surface area contributed by atoms with E-state index in [1.165, 1.54) is 36.2 Å². The van der Waals surface area contributed by atoms with Crippen LogP contribution in [0.5, 0.6) is 23.0 Å². The van der Waals surface area contributed by atoms with E-state index in [2.05, 4.69) is 116 Å². The van der Waals surface area contributed by atoms with Crippen molar-refractivity contribution in [3.63, 3.8) is 0 Å². The number of hydrogen-bond acceptors (Lipinski definition) is 11. The molecule has 11 aromatic carbocycles. The molecule has 0 unspecified atom stereocenters. The van der Waals surface area contributed by atoms with Gasteiger partial charge in [0.05, 0.1) is 28.2 Å². The largest absolute Gasteiger partial charge is 0.457 e. The fraction of sp³-hybridized carbons (Fsp3) is 0.0732. The molecule has 0 saturated heterocycles. The summed E-state index contributed by atoms with van der Waals surface area (Å²) >= 11 is 7.72. The van der Waals surface area contributed by atoms with E-state index in [-0.39, 0.29) is 5.56 Å². The van der Waals surface area contributed by atoms with Gasteiger partial charge in [0.15, 0.2) is 0 Å². The van der Waals surface area contributed by atoms with Crippen molar-refractivity contribution in [3.8, 4) is 44.6 Å². The Bertz CT molecular complexity index is 5780. The molecule has 10 nitrogen and oxygen atoms in total. The molecule has 0 fully saturated rings. The topological polar surface area (TPSA) is 129 Å². The van der Waals surface area contributed by atoms with E-state index in [4.69, 9.17) is 14.9 Å². The van der Waals surface area contributed by atoms with Gasteiger partial charge in [0.25, 0.3) is 23.6 Å². The molecule has 14 heteroatoms. The first kappa shape index (κ1) is 58.9. The predicted octanol–water partition coefficient (Wildman–Crippen LogP) is 19.7. The summed E-state index contributed by atoms with van der Waals surface area (Å²) in [6.45, 7) is 12.9. The number of carbonyl (C=O) groups is 4. The molecule has 0 spiro atoms. The van der Waals surface area contributed by atoms with Crippen LogP contribution in [0.3, 0.4) is 0 Å². The average Bonchev–Trinajstić information content (AvgIpc) is 0.866. The minimum absolute atomic E-state index is 0.276. The van der Waals surface area contributed by atoms with Gasteiger partial charge >= 0.3 is 0 Å². The van der Waals surface area contributed by atoms with E-state index >= 15 is 14.4 Å². The van der Waals surface area contributed by atoms with Gasteiger partial charge in [0.2, 0.25) is 0 Å².